The molecule has 0 radical (unpaired) electrons. The van der Waals surface area contributed by atoms with Crippen LogP contribution in [0.25, 0.3) is 0 Å². The Morgan fingerprint density at radius 2 is 1.83 bits per heavy atom. The Morgan fingerprint density at radius 1 is 1.17 bits per heavy atom. The summed E-state index contributed by atoms with van der Waals surface area (Å²) in [5, 5.41) is 12.0. The van der Waals surface area contributed by atoms with Crippen LogP contribution in [0.2, 0.25) is 0 Å². The van der Waals surface area contributed by atoms with E-state index in [4.69, 9.17) is 10.9 Å². The van der Waals surface area contributed by atoms with Crippen LogP contribution in [0.3, 0.4) is 0 Å². The topological polar surface area (TPSA) is 61.8 Å². The first-order valence-corrected chi connectivity index (χ1v) is 7.43. The van der Waals surface area contributed by atoms with Crippen LogP contribution >= 0.6 is 0 Å². The highest BCUT2D eigenvalue weighted by atomic mass is 16.4. The lowest BCUT2D eigenvalue weighted by Gasteiger charge is -2.40. The van der Waals surface area contributed by atoms with E-state index in [1.807, 2.05) is 0 Å². The van der Waals surface area contributed by atoms with Gasteiger partial charge < -0.3 is 10.9 Å². The van der Waals surface area contributed by atoms with Crippen molar-refractivity contribution in [1.29, 1.82) is 0 Å². The van der Waals surface area contributed by atoms with E-state index in [9.17, 15) is 0 Å². The van der Waals surface area contributed by atoms with E-state index in [0.29, 0.717) is 24.5 Å². The second-order valence-corrected chi connectivity index (χ2v) is 6.13. The zero-order valence-electron chi connectivity index (χ0n) is 11.5. The number of amidine groups is 1. The maximum Gasteiger partial charge on any atom is 0.153 e. The summed E-state index contributed by atoms with van der Waals surface area (Å²) in [6.45, 7) is 2.99. The summed E-state index contributed by atoms with van der Waals surface area (Å²) in [4.78, 5) is 2.53. The van der Waals surface area contributed by atoms with Crippen molar-refractivity contribution in [3.63, 3.8) is 0 Å². The maximum absolute atomic E-state index is 8.81. The molecule has 0 aromatic carbocycles. The Hall–Kier alpha value is -0.770. The highest BCUT2D eigenvalue weighted by molar-refractivity contribution is 5.81. The van der Waals surface area contributed by atoms with Crippen LogP contribution in [0.4, 0.5) is 0 Å². The SMILES string of the molecule is CC1CCCC(N(CC(N)=NO)C2CCCC2)C1. The molecule has 4 heteroatoms. The van der Waals surface area contributed by atoms with Gasteiger partial charge in [0.05, 0.1) is 6.54 Å². The monoisotopic (exact) mass is 253 g/mol. The van der Waals surface area contributed by atoms with E-state index in [0.717, 1.165) is 5.92 Å². The third-order valence-corrected chi connectivity index (χ3v) is 4.64. The highest BCUT2D eigenvalue weighted by Crippen LogP contribution is 2.32. The molecule has 0 amide bonds. The molecule has 104 valence electrons. The Bertz CT molecular complexity index is 287. The lowest BCUT2D eigenvalue weighted by molar-refractivity contribution is 0.106. The van der Waals surface area contributed by atoms with E-state index >= 15 is 0 Å². The standard InChI is InChI=1S/C14H27N3O/c1-11-5-4-8-13(9-11)17(10-14(15)16-18)12-6-2-3-7-12/h11-13,18H,2-10H2,1H3,(H2,15,16). The zero-order chi connectivity index (χ0) is 13.0. The smallest absolute Gasteiger partial charge is 0.153 e. The van der Waals surface area contributed by atoms with Crippen molar-refractivity contribution in [2.45, 2.75) is 70.4 Å². The van der Waals surface area contributed by atoms with Gasteiger partial charge in [-0.2, -0.15) is 0 Å². The van der Waals surface area contributed by atoms with Gasteiger partial charge in [0.25, 0.3) is 0 Å². The fourth-order valence-electron chi connectivity index (χ4n) is 3.71. The third kappa shape index (κ3) is 3.37. The number of hydrogen-bond acceptors (Lipinski definition) is 3. The minimum atomic E-state index is 0.361. The number of nitrogens with zero attached hydrogens (tertiary/aromatic N) is 2. The van der Waals surface area contributed by atoms with Crippen LogP contribution in [-0.2, 0) is 0 Å². The van der Waals surface area contributed by atoms with E-state index in [2.05, 4.69) is 17.0 Å². The summed E-state index contributed by atoms with van der Waals surface area (Å²) < 4.78 is 0. The van der Waals surface area contributed by atoms with E-state index in [1.54, 1.807) is 0 Å². The molecule has 2 unspecified atom stereocenters. The molecule has 0 heterocycles. The molecule has 2 saturated carbocycles. The fourth-order valence-corrected chi connectivity index (χ4v) is 3.71. The lowest BCUT2D eigenvalue weighted by atomic mass is 9.85. The quantitative estimate of drug-likeness (QED) is 0.350. The molecular weight excluding hydrogens is 226 g/mol. The summed E-state index contributed by atoms with van der Waals surface area (Å²) >= 11 is 0. The predicted octanol–water partition coefficient (Wildman–Crippen LogP) is 2.56. The summed E-state index contributed by atoms with van der Waals surface area (Å²) in [5.74, 6) is 1.18. The molecule has 0 aliphatic heterocycles. The molecule has 2 atom stereocenters. The second kappa shape index (κ2) is 6.41. The summed E-state index contributed by atoms with van der Waals surface area (Å²) in [6, 6.07) is 1.29. The van der Waals surface area contributed by atoms with Crippen LogP contribution in [0, 0.1) is 5.92 Å². The Kier molecular flexibility index (Phi) is 4.87. The average Bonchev–Trinajstić information content (AvgIpc) is 2.89. The first kappa shape index (κ1) is 13.7. The highest BCUT2D eigenvalue weighted by Gasteiger charge is 2.31. The Morgan fingerprint density at radius 3 is 2.44 bits per heavy atom. The molecule has 2 rings (SSSR count). The van der Waals surface area contributed by atoms with E-state index in [1.165, 1.54) is 51.4 Å². The molecule has 0 aromatic heterocycles. The number of nitrogens with two attached hydrogens (primary N) is 1. The van der Waals surface area contributed by atoms with Crippen LogP contribution in [0.1, 0.15) is 58.3 Å². The van der Waals surface area contributed by atoms with E-state index < -0.39 is 0 Å². The van der Waals surface area contributed by atoms with Gasteiger partial charge in [-0.15, -0.1) is 0 Å². The molecule has 3 N–H and O–H groups in total. The lowest BCUT2D eigenvalue weighted by Crippen LogP contribution is -2.48. The number of rotatable bonds is 4. The van der Waals surface area contributed by atoms with Crippen LogP contribution < -0.4 is 5.73 Å². The molecule has 0 saturated heterocycles. The number of hydrogen-bond donors (Lipinski definition) is 2. The Labute approximate surface area is 110 Å². The predicted molar refractivity (Wildman–Crippen MR) is 73.8 cm³/mol. The van der Waals surface area contributed by atoms with Gasteiger partial charge >= 0.3 is 0 Å². The van der Waals surface area contributed by atoms with Crippen molar-refractivity contribution in [2.75, 3.05) is 6.54 Å². The molecule has 2 fully saturated rings. The van der Waals surface area contributed by atoms with Crippen molar-refractivity contribution in [2.24, 2.45) is 16.8 Å². The molecule has 0 spiro atoms. The van der Waals surface area contributed by atoms with Crippen molar-refractivity contribution < 1.29 is 5.21 Å². The molecule has 2 aliphatic rings. The Balaban J connectivity index is 2.02. The molecule has 2 aliphatic carbocycles. The summed E-state index contributed by atoms with van der Waals surface area (Å²) in [7, 11) is 0. The van der Waals surface area contributed by atoms with Crippen molar-refractivity contribution in [3.05, 3.63) is 0 Å². The normalized spacial score (nSPS) is 31.1. The minimum absolute atomic E-state index is 0.361. The van der Waals surface area contributed by atoms with Crippen molar-refractivity contribution in [1.82, 2.24) is 4.90 Å². The van der Waals surface area contributed by atoms with Gasteiger partial charge in [0, 0.05) is 12.1 Å². The second-order valence-electron chi connectivity index (χ2n) is 6.13. The first-order chi connectivity index (χ1) is 8.70. The molecule has 0 bridgehead atoms. The van der Waals surface area contributed by atoms with Gasteiger partial charge in [-0.25, -0.2) is 0 Å². The van der Waals surface area contributed by atoms with Crippen LogP contribution in [-0.4, -0.2) is 34.6 Å². The van der Waals surface area contributed by atoms with Crippen LogP contribution in [0.15, 0.2) is 5.16 Å². The summed E-state index contributed by atoms with van der Waals surface area (Å²) in [6.07, 6.45) is 10.5. The van der Waals surface area contributed by atoms with Crippen molar-refractivity contribution in [3.8, 4) is 0 Å². The fraction of sp³-hybridized carbons (Fsp3) is 0.929. The van der Waals surface area contributed by atoms with Gasteiger partial charge in [0.15, 0.2) is 5.84 Å². The molecular formula is C14H27N3O. The van der Waals surface area contributed by atoms with Gasteiger partial charge in [-0.05, 0) is 31.6 Å². The molecule has 18 heavy (non-hydrogen) atoms. The maximum atomic E-state index is 8.81. The molecule has 0 aromatic rings. The largest absolute Gasteiger partial charge is 0.409 e. The van der Waals surface area contributed by atoms with Gasteiger partial charge in [0.2, 0.25) is 0 Å². The number of oxime groups is 1. The van der Waals surface area contributed by atoms with Crippen molar-refractivity contribution >= 4 is 5.84 Å². The zero-order valence-corrected chi connectivity index (χ0v) is 11.5. The average molecular weight is 253 g/mol. The van der Waals surface area contributed by atoms with Crippen LogP contribution in [0.5, 0.6) is 0 Å². The van der Waals surface area contributed by atoms with Gasteiger partial charge in [-0.1, -0.05) is 37.8 Å². The summed E-state index contributed by atoms with van der Waals surface area (Å²) in [5.41, 5.74) is 5.74. The third-order valence-electron chi connectivity index (χ3n) is 4.64. The molecule has 4 nitrogen and oxygen atoms in total. The van der Waals surface area contributed by atoms with Gasteiger partial charge in [-0.3, -0.25) is 4.90 Å². The van der Waals surface area contributed by atoms with Gasteiger partial charge in [0.1, 0.15) is 0 Å². The first-order valence-electron chi connectivity index (χ1n) is 7.43. The minimum Gasteiger partial charge on any atom is -0.409 e. The van der Waals surface area contributed by atoms with E-state index in [-0.39, 0.29) is 0 Å².